The molecule has 0 saturated carbocycles. The van der Waals surface area contributed by atoms with E-state index in [-0.39, 0.29) is 0 Å². The molecule has 0 aromatic carbocycles. The highest BCUT2D eigenvalue weighted by Gasteiger charge is 2.10. The first-order chi connectivity index (χ1) is 8.71. The predicted molar refractivity (Wildman–Crippen MR) is 88.2 cm³/mol. The molecule has 1 nitrogen and oxygen atoms in total. The summed E-state index contributed by atoms with van der Waals surface area (Å²) in [5.74, 6) is 0. The fraction of sp³-hybridized carbons (Fsp3) is 0.875. The molecular weight excluding hydrogens is 234 g/mol. The first-order valence-corrected chi connectivity index (χ1v) is 9.14. The Morgan fingerprint density at radius 1 is 0.778 bits per heavy atom. The van der Waals surface area contributed by atoms with Crippen LogP contribution in [0.4, 0.5) is 0 Å². The van der Waals surface area contributed by atoms with E-state index in [1.54, 1.807) is 10.9 Å². The quantitative estimate of drug-likeness (QED) is 0.511. The Hall–Kier alpha value is -0.243. The Labute approximate surface area is 118 Å². The molecule has 2 heteroatoms. The van der Waals surface area contributed by atoms with E-state index in [1.165, 1.54) is 74.7 Å². The van der Waals surface area contributed by atoms with Crippen molar-refractivity contribution < 1.29 is 0 Å². The van der Waals surface area contributed by atoms with Gasteiger partial charge in [0.15, 0.2) is 0 Å². The van der Waals surface area contributed by atoms with Gasteiger partial charge in [-0.25, -0.2) is 0 Å². The van der Waals surface area contributed by atoms with Crippen molar-refractivity contribution in [3.8, 4) is 0 Å². The van der Waals surface area contributed by atoms with Crippen molar-refractivity contribution in [3.05, 3.63) is 10.9 Å². The summed E-state index contributed by atoms with van der Waals surface area (Å²) < 4.78 is 0. The van der Waals surface area contributed by atoms with E-state index in [0.29, 0.717) is 0 Å². The summed E-state index contributed by atoms with van der Waals surface area (Å²) in [4.78, 5) is 2.72. The maximum Gasteiger partial charge on any atom is 0.0355 e. The molecule has 0 unspecified atom stereocenters. The monoisotopic (exact) mass is 269 g/mol. The molecule has 0 aromatic rings. The van der Waals surface area contributed by atoms with Crippen molar-refractivity contribution >= 4 is 10.2 Å². The van der Waals surface area contributed by atoms with Gasteiger partial charge in [0, 0.05) is 29.0 Å². The van der Waals surface area contributed by atoms with Gasteiger partial charge >= 0.3 is 0 Å². The predicted octanol–water partition coefficient (Wildman–Crippen LogP) is 4.07. The molecular formula is C16H35NSi. The largest absolute Gasteiger partial charge is 0.375 e. The number of hydrogen-bond acceptors (Lipinski definition) is 1. The van der Waals surface area contributed by atoms with Gasteiger partial charge in [-0.2, -0.15) is 0 Å². The van der Waals surface area contributed by atoms with Gasteiger partial charge in [0.1, 0.15) is 0 Å². The average Bonchev–Trinajstić information content (AvgIpc) is 2.37. The lowest BCUT2D eigenvalue weighted by atomic mass is 10.1. The molecule has 0 aliphatic heterocycles. The number of allylic oxidation sites excluding steroid dienone is 2. The van der Waals surface area contributed by atoms with Crippen molar-refractivity contribution in [2.24, 2.45) is 0 Å². The number of hydrogen-bond donors (Lipinski definition) is 0. The maximum absolute atomic E-state index is 2.72. The van der Waals surface area contributed by atoms with E-state index in [0.717, 1.165) is 0 Å². The molecule has 0 aliphatic rings. The van der Waals surface area contributed by atoms with Crippen LogP contribution < -0.4 is 0 Å². The Morgan fingerprint density at radius 2 is 1.28 bits per heavy atom. The van der Waals surface area contributed by atoms with E-state index in [9.17, 15) is 0 Å². The third kappa shape index (κ3) is 7.25. The van der Waals surface area contributed by atoms with E-state index >= 15 is 0 Å². The summed E-state index contributed by atoms with van der Waals surface area (Å²) >= 11 is 0. The first kappa shape index (κ1) is 17.8. The van der Waals surface area contributed by atoms with Gasteiger partial charge in [-0.1, -0.05) is 58.6 Å². The minimum atomic E-state index is 1.25. The van der Waals surface area contributed by atoms with E-state index < -0.39 is 0 Å². The lowest BCUT2D eigenvalue weighted by molar-refractivity contribution is 0.317. The number of nitrogens with zero attached hydrogens (tertiary/aromatic N) is 1. The van der Waals surface area contributed by atoms with Crippen LogP contribution in [-0.4, -0.2) is 28.2 Å². The lowest BCUT2D eigenvalue weighted by Gasteiger charge is -2.30. The zero-order valence-corrected chi connectivity index (χ0v) is 15.5. The number of rotatable bonds is 11. The highest BCUT2D eigenvalue weighted by molar-refractivity contribution is 6.21. The lowest BCUT2D eigenvalue weighted by Crippen LogP contribution is -2.27. The van der Waals surface area contributed by atoms with Crippen LogP contribution in [0.15, 0.2) is 10.9 Å². The summed E-state index contributed by atoms with van der Waals surface area (Å²) in [5.41, 5.74) is 1.72. The van der Waals surface area contributed by atoms with Gasteiger partial charge in [0.2, 0.25) is 0 Å². The molecule has 0 saturated heterocycles. The number of unbranched alkanes of at least 4 members (excludes halogenated alkanes) is 2. The molecule has 0 aliphatic carbocycles. The maximum atomic E-state index is 2.72. The van der Waals surface area contributed by atoms with Crippen LogP contribution in [0.2, 0.25) is 0 Å². The van der Waals surface area contributed by atoms with Crippen LogP contribution in [-0.2, 0) is 0 Å². The van der Waals surface area contributed by atoms with Crippen molar-refractivity contribution in [1.29, 1.82) is 0 Å². The summed E-state index contributed by atoms with van der Waals surface area (Å²) in [6.45, 7) is 11.8. The molecule has 0 bridgehead atoms. The zero-order valence-electron chi connectivity index (χ0n) is 13.5. The summed E-state index contributed by atoms with van der Waals surface area (Å²) in [6, 6.07) is 0. The fourth-order valence-corrected chi connectivity index (χ4v) is 3.54. The van der Waals surface area contributed by atoms with Crippen molar-refractivity contribution in [3.63, 3.8) is 0 Å². The Morgan fingerprint density at radius 3 is 1.67 bits per heavy atom. The highest BCUT2D eigenvalue weighted by atomic mass is 28.1. The molecule has 0 N–H and O–H groups in total. The van der Waals surface area contributed by atoms with E-state index in [1.807, 2.05) is 0 Å². The summed E-state index contributed by atoms with van der Waals surface area (Å²) in [7, 11) is 1.25. The van der Waals surface area contributed by atoms with Crippen LogP contribution >= 0.6 is 0 Å². The van der Waals surface area contributed by atoms with E-state index in [2.05, 4.69) is 32.6 Å². The molecule has 0 amide bonds. The summed E-state index contributed by atoms with van der Waals surface area (Å²) in [6.07, 6.45) is 10.5. The third-order valence-electron chi connectivity index (χ3n) is 3.55. The average molecular weight is 270 g/mol. The van der Waals surface area contributed by atoms with Crippen LogP contribution in [0, 0.1) is 0 Å². The van der Waals surface area contributed by atoms with Gasteiger partial charge in [-0.3, -0.25) is 0 Å². The summed E-state index contributed by atoms with van der Waals surface area (Å²) in [5, 5.41) is 1.77. The standard InChI is InChI=1S/C16H35NSi/c1-5-9-13-17(14-10-6-2)15(11-7-3)16(18)12-8-4/h5-14H2,1-4,18H3. The van der Waals surface area contributed by atoms with Gasteiger partial charge in [0.05, 0.1) is 0 Å². The van der Waals surface area contributed by atoms with Crippen LogP contribution in [0.5, 0.6) is 0 Å². The van der Waals surface area contributed by atoms with Crippen LogP contribution in [0.3, 0.4) is 0 Å². The second-order valence-corrected chi connectivity index (χ2v) is 6.63. The van der Waals surface area contributed by atoms with Crippen molar-refractivity contribution in [2.75, 3.05) is 13.1 Å². The van der Waals surface area contributed by atoms with Crippen LogP contribution in [0.25, 0.3) is 0 Å². The first-order valence-electron chi connectivity index (χ1n) is 8.14. The second-order valence-electron chi connectivity index (χ2n) is 5.42. The molecule has 108 valence electrons. The van der Waals surface area contributed by atoms with Crippen molar-refractivity contribution in [1.82, 2.24) is 4.90 Å². The molecule has 18 heavy (non-hydrogen) atoms. The third-order valence-corrected chi connectivity index (χ3v) is 4.63. The zero-order chi connectivity index (χ0) is 13.8. The Bertz CT molecular complexity index is 215. The molecule has 0 fully saturated rings. The topological polar surface area (TPSA) is 3.24 Å². The van der Waals surface area contributed by atoms with Gasteiger partial charge in [-0.15, -0.1) is 0 Å². The van der Waals surface area contributed by atoms with E-state index in [4.69, 9.17) is 0 Å². The Kier molecular flexibility index (Phi) is 11.7. The molecule has 0 rings (SSSR count). The SMILES string of the molecule is CCCCN(CCCC)C(CCC)=C([SiH3])CCC. The molecule has 0 spiro atoms. The minimum Gasteiger partial charge on any atom is -0.375 e. The van der Waals surface area contributed by atoms with Crippen LogP contribution in [0.1, 0.15) is 79.1 Å². The second kappa shape index (κ2) is 11.8. The molecule has 0 aromatic heterocycles. The molecule has 0 radical (unpaired) electrons. The normalized spacial score (nSPS) is 12.7. The minimum absolute atomic E-state index is 1.25. The van der Waals surface area contributed by atoms with Gasteiger partial charge < -0.3 is 4.90 Å². The highest BCUT2D eigenvalue weighted by Crippen LogP contribution is 2.19. The van der Waals surface area contributed by atoms with Crippen molar-refractivity contribution in [2.45, 2.75) is 79.1 Å². The fourth-order valence-electron chi connectivity index (χ4n) is 2.48. The molecule has 0 heterocycles. The Balaban J connectivity index is 4.76. The van der Waals surface area contributed by atoms with Gasteiger partial charge in [0.25, 0.3) is 0 Å². The smallest absolute Gasteiger partial charge is 0.0355 e. The molecule has 0 atom stereocenters. The van der Waals surface area contributed by atoms with Gasteiger partial charge in [-0.05, 0) is 25.7 Å².